The smallest absolute Gasteiger partial charge is 0.420 e. The molecular weight excluding hydrogens is 372 g/mol. The van der Waals surface area contributed by atoms with Crippen molar-refractivity contribution in [2.75, 3.05) is 18.5 Å². The summed E-state index contributed by atoms with van der Waals surface area (Å²) in [5, 5.41) is 0. The molecule has 0 aliphatic heterocycles. The number of nitrogens with zero attached hydrogens (tertiary/aromatic N) is 2. The molecule has 0 saturated heterocycles. The Morgan fingerprint density at radius 3 is 2.48 bits per heavy atom. The summed E-state index contributed by atoms with van der Waals surface area (Å²) < 4.78 is 37.7. The normalized spacial score (nSPS) is 11.5. The predicted molar refractivity (Wildman–Crippen MR) is 99.3 cm³/mol. The number of fused-ring (bicyclic) bond motifs is 1. The molecule has 0 aliphatic carbocycles. The monoisotopic (exact) mass is 390 g/mol. The lowest BCUT2D eigenvalue weighted by molar-refractivity contribution is -0.141. The highest BCUT2D eigenvalue weighted by atomic mass is 32.2. The zero-order valence-corrected chi connectivity index (χ0v) is 15.8. The van der Waals surface area contributed by atoms with Gasteiger partial charge in [0.15, 0.2) is 5.58 Å². The molecule has 0 fully saturated rings. The second-order valence-electron chi connectivity index (χ2n) is 5.97. The first-order chi connectivity index (χ1) is 12.7. The van der Waals surface area contributed by atoms with Crippen molar-refractivity contribution in [3.63, 3.8) is 0 Å². The van der Waals surface area contributed by atoms with Crippen molar-refractivity contribution in [2.24, 2.45) is 0 Å². The number of esters is 1. The van der Waals surface area contributed by atoms with E-state index in [0.29, 0.717) is 11.2 Å². The van der Waals surface area contributed by atoms with E-state index < -0.39 is 21.7 Å². The molecule has 0 saturated carbocycles. The van der Waals surface area contributed by atoms with Crippen molar-refractivity contribution < 1.29 is 22.4 Å². The van der Waals surface area contributed by atoms with E-state index in [2.05, 4.69) is 4.74 Å². The van der Waals surface area contributed by atoms with Gasteiger partial charge in [-0.05, 0) is 31.2 Å². The van der Waals surface area contributed by atoms with Gasteiger partial charge in [0.25, 0.3) is 10.0 Å². The highest BCUT2D eigenvalue weighted by Gasteiger charge is 2.23. The maximum absolute atomic E-state index is 12.9. The molecule has 8 nitrogen and oxygen atoms in total. The average Bonchev–Trinajstić information content (AvgIpc) is 2.96. The van der Waals surface area contributed by atoms with Crippen LogP contribution in [0.15, 0.2) is 56.6 Å². The third-order valence-electron chi connectivity index (χ3n) is 4.21. The Bertz CT molecular complexity index is 1160. The molecule has 3 aromatic rings. The van der Waals surface area contributed by atoms with Crippen LogP contribution in [0.2, 0.25) is 0 Å². The van der Waals surface area contributed by atoms with Crippen LogP contribution in [0.5, 0.6) is 0 Å². The van der Waals surface area contributed by atoms with Crippen molar-refractivity contribution in [2.45, 2.75) is 18.4 Å². The quantitative estimate of drug-likeness (QED) is 0.617. The molecule has 0 unspecified atom stereocenters. The van der Waals surface area contributed by atoms with Gasteiger partial charge in [-0.15, -0.1) is 0 Å². The van der Waals surface area contributed by atoms with Crippen molar-refractivity contribution >= 4 is 32.8 Å². The Morgan fingerprint density at radius 2 is 1.85 bits per heavy atom. The van der Waals surface area contributed by atoms with Gasteiger partial charge in [-0.2, -0.15) is 0 Å². The van der Waals surface area contributed by atoms with Crippen LogP contribution in [0, 0.1) is 6.92 Å². The second kappa shape index (κ2) is 6.92. The van der Waals surface area contributed by atoms with Gasteiger partial charge in [-0.3, -0.25) is 13.7 Å². The Morgan fingerprint density at radius 1 is 1.19 bits per heavy atom. The molecule has 0 N–H and O–H groups in total. The SMILES string of the molecule is COC(=O)Cn1c(=O)oc2cc(S(=O)(=O)N(C)c3ccc(C)cc3)ccc21. The van der Waals surface area contributed by atoms with Gasteiger partial charge in [-0.25, -0.2) is 13.2 Å². The minimum absolute atomic E-state index is 0.0305. The summed E-state index contributed by atoms with van der Waals surface area (Å²) in [6.45, 7) is 1.59. The summed E-state index contributed by atoms with van der Waals surface area (Å²) >= 11 is 0. The highest BCUT2D eigenvalue weighted by molar-refractivity contribution is 7.92. The molecule has 9 heteroatoms. The molecule has 0 amide bonds. The fourth-order valence-corrected chi connectivity index (χ4v) is 3.81. The van der Waals surface area contributed by atoms with Crippen LogP contribution >= 0.6 is 0 Å². The zero-order chi connectivity index (χ0) is 19.8. The number of ether oxygens (including phenoxy) is 1. The molecule has 3 rings (SSSR count). The highest BCUT2D eigenvalue weighted by Crippen LogP contribution is 2.25. The lowest BCUT2D eigenvalue weighted by atomic mass is 10.2. The molecule has 1 heterocycles. The fraction of sp³-hybridized carbons (Fsp3) is 0.222. The number of rotatable bonds is 5. The summed E-state index contributed by atoms with van der Waals surface area (Å²) in [6, 6.07) is 11.1. The number of hydrogen-bond acceptors (Lipinski definition) is 6. The second-order valence-corrected chi connectivity index (χ2v) is 7.94. The number of aromatic nitrogens is 1. The first-order valence-electron chi connectivity index (χ1n) is 8.00. The Balaban J connectivity index is 2.02. The van der Waals surface area contributed by atoms with Crippen molar-refractivity contribution in [1.82, 2.24) is 4.57 Å². The third kappa shape index (κ3) is 3.45. The summed E-state index contributed by atoms with van der Waals surface area (Å²) in [6.07, 6.45) is 0. The number of aryl methyl sites for hydroxylation is 1. The summed E-state index contributed by atoms with van der Waals surface area (Å²) in [4.78, 5) is 23.4. The van der Waals surface area contributed by atoms with Crippen LogP contribution in [-0.4, -0.2) is 33.1 Å². The van der Waals surface area contributed by atoms with Crippen LogP contribution in [0.1, 0.15) is 5.56 Å². The largest absolute Gasteiger partial charge is 0.468 e. The minimum atomic E-state index is -3.86. The summed E-state index contributed by atoms with van der Waals surface area (Å²) in [7, 11) is -1.20. The third-order valence-corrected chi connectivity index (χ3v) is 5.99. The number of hydrogen-bond donors (Lipinski definition) is 0. The lowest BCUT2D eigenvalue weighted by Gasteiger charge is -2.19. The van der Waals surface area contributed by atoms with Gasteiger partial charge in [0.05, 0.1) is 23.2 Å². The van der Waals surface area contributed by atoms with Crippen molar-refractivity contribution in [1.29, 1.82) is 0 Å². The molecule has 1 aromatic heterocycles. The van der Waals surface area contributed by atoms with E-state index in [1.807, 2.05) is 19.1 Å². The van der Waals surface area contributed by atoms with E-state index in [9.17, 15) is 18.0 Å². The summed E-state index contributed by atoms with van der Waals surface area (Å²) in [5.41, 5.74) is 1.90. The van der Waals surface area contributed by atoms with Gasteiger partial charge in [0, 0.05) is 13.1 Å². The van der Waals surface area contributed by atoms with Gasteiger partial charge in [-0.1, -0.05) is 17.7 Å². The molecule has 0 spiro atoms. The van der Waals surface area contributed by atoms with Gasteiger partial charge >= 0.3 is 11.7 Å². The molecule has 0 radical (unpaired) electrons. The number of anilines is 1. The van der Waals surface area contributed by atoms with E-state index in [1.165, 1.54) is 32.4 Å². The molecule has 27 heavy (non-hydrogen) atoms. The van der Waals surface area contributed by atoms with Crippen LogP contribution in [0.25, 0.3) is 11.1 Å². The Kier molecular flexibility index (Phi) is 4.79. The van der Waals surface area contributed by atoms with E-state index in [0.717, 1.165) is 14.4 Å². The molecule has 0 atom stereocenters. The first kappa shape index (κ1) is 18.7. The van der Waals surface area contributed by atoms with Gasteiger partial charge < -0.3 is 9.15 Å². The fourth-order valence-electron chi connectivity index (χ4n) is 2.60. The number of benzene rings is 2. The number of carbonyl (C=O) groups is 1. The summed E-state index contributed by atoms with van der Waals surface area (Å²) in [5.74, 6) is -1.38. The van der Waals surface area contributed by atoms with Gasteiger partial charge in [0.2, 0.25) is 0 Å². The van der Waals surface area contributed by atoms with Crippen LogP contribution in [0.3, 0.4) is 0 Å². The maximum Gasteiger partial charge on any atom is 0.420 e. The number of methoxy groups -OCH3 is 1. The average molecular weight is 390 g/mol. The standard InChI is InChI=1S/C18H18N2O6S/c1-12-4-6-13(7-5-12)19(2)27(23,24)14-8-9-15-16(10-14)26-18(22)20(15)11-17(21)25-3/h4-10H,11H2,1-3H3. The number of sulfonamides is 1. The number of oxazole rings is 1. The molecule has 0 aliphatic rings. The van der Waals surface area contributed by atoms with Crippen LogP contribution < -0.4 is 10.1 Å². The molecule has 0 bridgehead atoms. The van der Waals surface area contributed by atoms with Crippen LogP contribution in [0.4, 0.5) is 5.69 Å². The predicted octanol–water partition coefficient (Wildman–Crippen LogP) is 1.90. The van der Waals surface area contributed by atoms with E-state index in [1.54, 1.807) is 12.1 Å². The molecule has 2 aromatic carbocycles. The minimum Gasteiger partial charge on any atom is -0.468 e. The van der Waals surface area contributed by atoms with Crippen molar-refractivity contribution in [3.8, 4) is 0 Å². The van der Waals surface area contributed by atoms with E-state index >= 15 is 0 Å². The first-order valence-corrected chi connectivity index (χ1v) is 9.44. The maximum atomic E-state index is 12.9. The molecule has 142 valence electrons. The van der Waals surface area contributed by atoms with E-state index in [4.69, 9.17) is 4.42 Å². The van der Waals surface area contributed by atoms with E-state index in [-0.39, 0.29) is 17.0 Å². The lowest BCUT2D eigenvalue weighted by Crippen LogP contribution is -2.26. The molecular formula is C18H18N2O6S. The Hall–Kier alpha value is -3.07. The topological polar surface area (TPSA) is 98.8 Å². The number of carbonyl (C=O) groups excluding carboxylic acids is 1. The zero-order valence-electron chi connectivity index (χ0n) is 15.0. The van der Waals surface area contributed by atoms with Gasteiger partial charge in [0.1, 0.15) is 6.54 Å². The van der Waals surface area contributed by atoms with Crippen LogP contribution in [-0.2, 0) is 26.1 Å². The Labute approximate surface area is 155 Å². The van der Waals surface area contributed by atoms with Crippen molar-refractivity contribution in [3.05, 3.63) is 58.6 Å².